The number of hydrogen-bond donors (Lipinski definition) is 1. The number of halogens is 1. The summed E-state index contributed by atoms with van der Waals surface area (Å²) < 4.78 is 12.6. The minimum Gasteiger partial charge on any atom is -0.490 e. The van der Waals surface area contributed by atoms with Crippen molar-refractivity contribution in [2.24, 2.45) is 5.92 Å². The molecule has 4 heteroatoms. The molecule has 0 bridgehead atoms. The number of hydrogen-bond acceptors (Lipinski definition) is 3. The van der Waals surface area contributed by atoms with Gasteiger partial charge in [-0.15, -0.1) is 0 Å². The monoisotopic (exact) mass is 357 g/mol. The molecule has 21 heavy (non-hydrogen) atoms. The van der Waals surface area contributed by atoms with Gasteiger partial charge in [0, 0.05) is 6.54 Å². The average molecular weight is 358 g/mol. The van der Waals surface area contributed by atoms with E-state index >= 15 is 0 Å². The number of rotatable bonds is 10. The van der Waals surface area contributed by atoms with Gasteiger partial charge >= 0.3 is 0 Å². The summed E-state index contributed by atoms with van der Waals surface area (Å²) in [4.78, 5) is 0. The molecular weight excluding hydrogens is 330 g/mol. The highest BCUT2D eigenvalue weighted by atomic mass is 79.9. The molecule has 0 aromatic heterocycles. The molecule has 0 spiro atoms. The van der Waals surface area contributed by atoms with Gasteiger partial charge in [-0.2, -0.15) is 0 Å². The summed E-state index contributed by atoms with van der Waals surface area (Å²) in [5, 5.41) is 3.45. The van der Waals surface area contributed by atoms with E-state index < -0.39 is 0 Å². The van der Waals surface area contributed by atoms with Crippen LogP contribution in [-0.2, 0) is 6.54 Å². The molecule has 3 nitrogen and oxygen atoms in total. The molecule has 0 unspecified atom stereocenters. The first-order valence-corrected chi connectivity index (χ1v) is 8.66. The lowest BCUT2D eigenvalue weighted by atomic mass is 10.1. The first kappa shape index (κ1) is 18.3. The molecule has 0 aliphatic carbocycles. The highest BCUT2D eigenvalue weighted by molar-refractivity contribution is 9.10. The van der Waals surface area contributed by atoms with Crippen molar-refractivity contribution in [2.45, 2.75) is 47.1 Å². The number of benzene rings is 1. The lowest BCUT2D eigenvalue weighted by Gasteiger charge is -2.16. The van der Waals surface area contributed by atoms with Gasteiger partial charge in [0.05, 0.1) is 17.7 Å². The Morgan fingerprint density at radius 1 is 1.19 bits per heavy atom. The van der Waals surface area contributed by atoms with E-state index in [1.165, 1.54) is 5.56 Å². The molecule has 0 amide bonds. The number of nitrogens with one attached hydrogen (secondary N) is 1. The van der Waals surface area contributed by atoms with E-state index in [0.717, 1.165) is 48.5 Å². The molecule has 0 aliphatic rings. The van der Waals surface area contributed by atoms with Crippen molar-refractivity contribution >= 4 is 15.9 Å². The zero-order chi connectivity index (χ0) is 15.7. The molecule has 0 heterocycles. The van der Waals surface area contributed by atoms with Crippen LogP contribution in [0.15, 0.2) is 16.6 Å². The van der Waals surface area contributed by atoms with Crippen LogP contribution in [0.3, 0.4) is 0 Å². The van der Waals surface area contributed by atoms with Crippen LogP contribution in [-0.4, -0.2) is 19.8 Å². The van der Waals surface area contributed by atoms with Crippen molar-refractivity contribution in [1.29, 1.82) is 0 Å². The second-order valence-corrected chi connectivity index (χ2v) is 6.42. The first-order chi connectivity index (χ1) is 10.1. The van der Waals surface area contributed by atoms with Crippen LogP contribution in [0.25, 0.3) is 0 Å². The second kappa shape index (κ2) is 10.1. The van der Waals surface area contributed by atoms with Gasteiger partial charge in [-0.25, -0.2) is 0 Å². The van der Waals surface area contributed by atoms with E-state index in [0.29, 0.717) is 12.5 Å². The standard InChI is InChI=1S/C17H28BrNO2/c1-5-7-8-21-17-15(18)9-14(10-16(17)20-6-2)12-19-11-13(3)4/h9-10,13,19H,5-8,11-12H2,1-4H3. The van der Waals surface area contributed by atoms with Gasteiger partial charge in [0.25, 0.3) is 0 Å². The summed E-state index contributed by atoms with van der Waals surface area (Å²) in [6, 6.07) is 4.18. The number of unbranched alkanes of at least 4 members (excludes halogenated alkanes) is 1. The molecule has 0 saturated heterocycles. The smallest absolute Gasteiger partial charge is 0.175 e. The van der Waals surface area contributed by atoms with Gasteiger partial charge in [0.1, 0.15) is 0 Å². The normalized spacial score (nSPS) is 11.0. The SMILES string of the molecule is CCCCOc1c(Br)cc(CNCC(C)C)cc1OCC. The van der Waals surface area contributed by atoms with E-state index in [-0.39, 0.29) is 0 Å². The van der Waals surface area contributed by atoms with E-state index in [1.807, 2.05) is 6.92 Å². The van der Waals surface area contributed by atoms with Crippen LogP contribution in [0.5, 0.6) is 11.5 Å². The van der Waals surface area contributed by atoms with Gasteiger partial charge in [0.2, 0.25) is 0 Å². The zero-order valence-corrected chi connectivity index (χ0v) is 15.3. The number of ether oxygens (including phenoxy) is 2. The van der Waals surface area contributed by atoms with Crippen LogP contribution in [0.2, 0.25) is 0 Å². The van der Waals surface area contributed by atoms with Crippen LogP contribution in [0.1, 0.15) is 46.1 Å². The summed E-state index contributed by atoms with van der Waals surface area (Å²) in [6.07, 6.45) is 2.18. The molecule has 0 fully saturated rings. The Morgan fingerprint density at radius 2 is 1.95 bits per heavy atom. The van der Waals surface area contributed by atoms with Crippen molar-refractivity contribution < 1.29 is 9.47 Å². The maximum atomic E-state index is 5.87. The fourth-order valence-electron chi connectivity index (χ4n) is 1.95. The Morgan fingerprint density at radius 3 is 2.57 bits per heavy atom. The summed E-state index contributed by atoms with van der Waals surface area (Å²) in [7, 11) is 0. The topological polar surface area (TPSA) is 30.5 Å². The van der Waals surface area contributed by atoms with Gasteiger partial charge in [-0.05, 0) is 59.4 Å². The highest BCUT2D eigenvalue weighted by Crippen LogP contribution is 2.37. The average Bonchev–Trinajstić information content (AvgIpc) is 2.42. The van der Waals surface area contributed by atoms with Crippen LogP contribution in [0.4, 0.5) is 0 Å². The second-order valence-electron chi connectivity index (χ2n) is 5.56. The predicted octanol–water partition coefficient (Wildman–Crippen LogP) is 4.77. The summed E-state index contributed by atoms with van der Waals surface area (Å²) in [6.45, 7) is 11.8. The molecule has 1 aromatic carbocycles. The lowest BCUT2D eigenvalue weighted by molar-refractivity contribution is 0.271. The first-order valence-electron chi connectivity index (χ1n) is 7.87. The third-order valence-corrected chi connectivity index (χ3v) is 3.58. The Hall–Kier alpha value is -0.740. The molecule has 1 rings (SSSR count). The summed E-state index contributed by atoms with van der Waals surface area (Å²) in [5.74, 6) is 2.29. The maximum Gasteiger partial charge on any atom is 0.175 e. The quantitative estimate of drug-likeness (QED) is 0.611. The largest absolute Gasteiger partial charge is 0.490 e. The van der Waals surface area contributed by atoms with Crippen molar-refractivity contribution in [1.82, 2.24) is 5.32 Å². The zero-order valence-electron chi connectivity index (χ0n) is 13.7. The van der Waals surface area contributed by atoms with E-state index in [4.69, 9.17) is 9.47 Å². The van der Waals surface area contributed by atoms with Gasteiger partial charge in [-0.1, -0.05) is 27.2 Å². The molecular formula is C17H28BrNO2. The molecule has 120 valence electrons. The fraction of sp³-hybridized carbons (Fsp3) is 0.647. The fourth-order valence-corrected chi connectivity index (χ4v) is 2.55. The van der Waals surface area contributed by atoms with Crippen LogP contribution < -0.4 is 14.8 Å². The van der Waals surface area contributed by atoms with Crippen molar-refractivity contribution in [2.75, 3.05) is 19.8 Å². The third-order valence-electron chi connectivity index (χ3n) is 3.00. The molecule has 0 atom stereocenters. The van der Waals surface area contributed by atoms with Crippen LogP contribution in [0, 0.1) is 5.92 Å². The van der Waals surface area contributed by atoms with E-state index in [2.05, 4.69) is 54.2 Å². The van der Waals surface area contributed by atoms with Crippen molar-refractivity contribution in [3.8, 4) is 11.5 Å². The van der Waals surface area contributed by atoms with Crippen LogP contribution >= 0.6 is 15.9 Å². The lowest BCUT2D eigenvalue weighted by Crippen LogP contribution is -2.19. The van der Waals surface area contributed by atoms with E-state index in [1.54, 1.807) is 0 Å². The molecule has 0 saturated carbocycles. The highest BCUT2D eigenvalue weighted by Gasteiger charge is 2.12. The molecule has 0 aliphatic heterocycles. The Labute approximate surface area is 137 Å². The summed E-state index contributed by atoms with van der Waals surface area (Å²) >= 11 is 3.61. The Balaban J connectivity index is 2.79. The van der Waals surface area contributed by atoms with Gasteiger partial charge in [-0.3, -0.25) is 0 Å². The van der Waals surface area contributed by atoms with Gasteiger partial charge < -0.3 is 14.8 Å². The maximum absolute atomic E-state index is 5.87. The third kappa shape index (κ3) is 6.70. The predicted molar refractivity (Wildman–Crippen MR) is 92.3 cm³/mol. The Bertz CT molecular complexity index is 421. The van der Waals surface area contributed by atoms with Crippen molar-refractivity contribution in [3.63, 3.8) is 0 Å². The molecule has 1 aromatic rings. The molecule has 1 N–H and O–H groups in total. The minimum atomic E-state index is 0.638. The van der Waals surface area contributed by atoms with E-state index in [9.17, 15) is 0 Å². The molecule has 0 radical (unpaired) electrons. The van der Waals surface area contributed by atoms with Gasteiger partial charge in [0.15, 0.2) is 11.5 Å². The Kier molecular flexibility index (Phi) is 8.77. The summed E-state index contributed by atoms with van der Waals surface area (Å²) in [5.41, 5.74) is 1.20. The van der Waals surface area contributed by atoms with Crippen molar-refractivity contribution in [3.05, 3.63) is 22.2 Å². The minimum absolute atomic E-state index is 0.638.